The highest BCUT2D eigenvalue weighted by Crippen LogP contribution is 2.36. The van der Waals surface area contributed by atoms with Gasteiger partial charge in [0, 0.05) is 30.9 Å². The van der Waals surface area contributed by atoms with Gasteiger partial charge in [-0.25, -0.2) is 14.4 Å². The van der Waals surface area contributed by atoms with Crippen molar-refractivity contribution in [1.82, 2.24) is 0 Å². The lowest BCUT2D eigenvalue weighted by Crippen LogP contribution is -2.35. The Morgan fingerprint density at radius 1 is 1.11 bits per heavy atom. The number of rotatable bonds is 8. The topological polar surface area (TPSA) is 146 Å². The second-order valence-electron chi connectivity index (χ2n) is 8.92. The summed E-state index contributed by atoms with van der Waals surface area (Å²) in [6, 6.07) is 0. The van der Waals surface area contributed by atoms with Crippen molar-refractivity contribution in [3.63, 3.8) is 0 Å². The van der Waals surface area contributed by atoms with Gasteiger partial charge in [0.25, 0.3) is 0 Å². The molecule has 10 heteroatoms. The number of hydrogen-bond acceptors (Lipinski definition) is 10. The fraction of sp³-hybridized carbons (Fsp3) is 0.481. The molecule has 37 heavy (non-hydrogen) atoms. The number of fused-ring (bicyclic) bond motifs is 1. The predicted molar refractivity (Wildman–Crippen MR) is 132 cm³/mol. The summed E-state index contributed by atoms with van der Waals surface area (Å²) in [5.74, 6) is -3.38. The lowest BCUT2D eigenvalue weighted by atomic mass is 9.85. The molecule has 10 nitrogen and oxygen atoms in total. The zero-order valence-electron chi connectivity index (χ0n) is 21.5. The van der Waals surface area contributed by atoms with Gasteiger partial charge in [-0.2, -0.15) is 0 Å². The molecule has 0 saturated carbocycles. The van der Waals surface area contributed by atoms with Crippen LogP contribution in [0.3, 0.4) is 0 Å². The maximum atomic E-state index is 13.1. The SMILES string of the molecule is C=C1C(=O)O[C@@H]2/C=C(\C)[C@@H](OC(C)=O)C/C=C(\C)C[C@@H](OC(=O)/C(=C/CO)COC(=O)/C(C)=C/CO)[C@@H]12. The number of esters is 4. The first-order valence-electron chi connectivity index (χ1n) is 11.8. The van der Waals surface area contributed by atoms with Crippen molar-refractivity contribution in [3.05, 3.63) is 58.7 Å². The molecule has 0 aromatic heterocycles. The minimum Gasteiger partial charge on any atom is -0.458 e. The Hall–Kier alpha value is -3.50. The van der Waals surface area contributed by atoms with Crippen LogP contribution in [-0.2, 0) is 38.1 Å². The minimum absolute atomic E-state index is 0.0968. The molecule has 1 aliphatic heterocycles. The van der Waals surface area contributed by atoms with Gasteiger partial charge in [0.05, 0.1) is 24.7 Å². The summed E-state index contributed by atoms with van der Waals surface area (Å²) >= 11 is 0. The summed E-state index contributed by atoms with van der Waals surface area (Å²) in [7, 11) is 0. The van der Waals surface area contributed by atoms with Crippen molar-refractivity contribution >= 4 is 23.9 Å². The molecule has 0 aromatic rings. The van der Waals surface area contributed by atoms with E-state index in [-0.39, 0.29) is 29.7 Å². The van der Waals surface area contributed by atoms with Gasteiger partial charge >= 0.3 is 23.9 Å². The molecule has 1 heterocycles. The van der Waals surface area contributed by atoms with E-state index < -0.39 is 61.3 Å². The third kappa shape index (κ3) is 8.26. The van der Waals surface area contributed by atoms with Crippen molar-refractivity contribution < 1.29 is 48.3 Å². The first-order chi connectivity index (χ1) is 17.5. The van der Waals surface area contributed by atoms with Crippen LogP contribution in [0.4, 0.5) is 0 Å². The first-order valence-corrected chi connectivity index (χ1v) is 11.8. The van der Waals surface area contributed by atoms with E-state index in [2.05, 4.69) is 6.58 Å². The molecule has 1 saturated heterocycles. The molecule has 2 aliphatic rings. The van der Waals surface area contributed by atoms with E-state index >= 15 is 0 Å². The number of aliphatic hydroxyl groups excluding tert-OH is 2. The van der Waals surface area contributed by atoms with Crippen LogP contribution in [0, 0.1) is 5.92 Å². The fourth-order valence-electron chi connectivity index (χ4n) is 4.03. The quantitative estimate of drug-likeness (QED) is 0.212. The molecule has 2 rings (SSSR count). The average Bonchev–Trinajstić information content (AvgIpc) is 3.10. The van der Waals surface area contributed by atoms with E-state index in [1.165, 1.54) is 26.0 Å². The standard InChI is InChI=1S/C27H34O10/c1-15-6-7-21(35-19(5)30)17(3)13-23-24(18(4)26(32)36-23)22(12-15)37-27(33)20(9-11-29)14-34-25(31)16(2)8-10-28/h6,8-9,13,21-24,28-29H,4,7,10-12,14H2,1-3,5H3/b15-6+,16-8+,17-13+,20-9+/t21-,22+,23+,24+/m0/s1. The maximum Gasteiger partial charge on any atom is 0.337 e. The van der Waals surface area contributed by atoms with Crippen LogP contribution >= 0.6 is 0 Å². The number of carbonyl (C=O) groups is 4. The lowest BCUT2D eigenvalue weighted by molar-refractivity contribution is -0.149. The lowest BCUT2D eigenvalue weighted by Gasteiger charge is -2.28. The van der Waals surface area contributed by atoms with Gasteiger partial charge in [-0.3, -0.25) is 4.79 Å². The van der Waals surface area contributed by atoms with Crippen LogP contribution < -0.4 is 0 Å². The van der Waals surface area contributed by atoms with Crippen LogP contribution in [0.5, 0.6) is 0 Å². The summed E-state index contributed by atoms with van der Waals surface area (Å²) in [4.78, 5) is 49.2. The fourth-order valence-corrected chi connectivity index (χ4v) is 4.03. The van der Waals surface area contributed by atoms with Gasteiger partial charge in [-0.1, -0.05) is 18.2 Å². The Morgan fingerprint density at radius 2 is 1.78 bits per heavy atom. The molecular weight excluding hydrogens is 484 g/mol. The average molecular weight is 519 g/mol. The van der Waals surface area contributed by atoms with Crippen molar-refractivity contribution in [1.29, 1.82) is 0 Å². The molecule has 1 fully saturated rings. The smallest absolute Gasteiger partial charge is 0.337 e. The molecule has 0 radical (unpaired) electrons. The van der Waals surface area contributed by atoms with Gasteiger partial charge in [0.1, 0.15) is 24.9 Å². The largest absolute Gasteiger partial charge is 0.458 e. The Bertz CT molecular complexity index is 1050. The number of ether oxygens (including phenoxy) is 4. The van der Waals surface area contributed by atoms with Gasteiger partial charge < -0.3 is 29.2 Å². The zero-order valence-corrected chi connectivity index (χ0v) is 21.5. The molecule has 202 valence electrons. The maximum absolute atomic E-state index is 13.1. The second kappa shape index (κ2) is 13.7. The van der Waals surface area contributed by atoms with E-state index in [0.717, 1.165) is 5.57 Å². The summed E-state index contributed by atoms with van der Waals surface area (Å²) in [6.07, 6.45) is 4.36. The van der Waals surface area contributed by atoms with Crippen LogP contribution in [0.1, 0.15) is 40.5 Å². The van der Waals surface area contributed by atoms with E-state index in [1.54, 1.807) is 13.0 Å². The van der Waals surface area contributed by atoms with Crippen molar-refractivity contribution in [2.75, 3.05) is 19.8 Å². The van der Waals surface area contributed by atoms with Gasteiger partial charge in [-0.05, 0) is 44.6 Å². The summed E-state index contributed by atoms with van der Waals surface area (Å²) < 4.78 is 21.8. The van der Waals surface area contributed by atoms with Crippen LogP contribution in [-0.4, -0.2) is 72.2 Å². The third-order valence-electron chi connectivity index (χ3n) is 6.05. The number of carbonyl (C=O) groups excluding carboxylic acids is 4. The van der Waals surface area contributed by atoms with Crippen LogP contribution in [0.2, 0.25) is 0 Å². The Balaban J connectivity index is 2.33. The molecule has 0 spiro atoms. The van der Waals surface area contributed by atoms with E-state index in [1.807, 2.05) is 13.0 Å². The molecule has 1 aliphatic carbocycles. The monoisotopic (exact) mass is 518 g/mol. The van der Waals surface area contributed by atoms with Crippen molar-refractivity contribution in [2.45, 2.75) is 58.8 Å². The second-order valence-corrected chi connectivity index (χ2v) is 8.92. The third-order valence-corrected chi connectivity index (χ3v) is 6.05. The Morgan fingerprint density at radius 3 is 2.41 bits per heavy atom. The molecular formula is C27H34O10. The number of hydrogen-bond donors (Lipinski definition) is 2. The van der Waals surface area contributed by atoms with E-state index in [0.29, 0.717) is 12.0 Å². The van der Waals surface area contributed by atoms with E-state index in [4.69, 9.17) is 24.1 Å². The molecule has 0 unspecified atom stereocenters. The van der Waals surface area contributed by atoms with Crippen molar-refractivity contribution in [3.8, 4) is 0 Å². The Labute approximate surface area is 215 Å². The normalized spacial score (nSPS) is 27.6. The van der Waals surface area contributed by atoms with Crippen molar-refractivity contribution in [2.24, 2.45) is 5.92 Å². The number of aliphatic hydroxyl groups is 2. The molecule has 0 amide bonds. The molecule has 0 bridgehead atoms. The minimum atomic E-state index is -0.865. The summed E-state index contributed by atoms with van der Waals surface area (Å²) in [6.45, 7) is 8.88. The molecule has 4 atom stereocenters. The van der Waals surface area contributed by atoms with Gasteiger partial charge in [0.2, 0.25) is 0 Å². The zero-order chi connectivity index (χ0) is 27.7. The summed E-state index contributed by atoms with van der Waals surface area (Å²) in [5, 5.41) is 18.3. The summed E-state index contributed by atoms with van der Waals surface area (Å²) in [5.41, 5.74) is 1.68. The highest BCUT2D eigenvalue weighted by molar-refractivity contribution is 5.93. The molecule has 0 aromatic carbocycles. The van der Waals surface area contributed by atoms with E-state index in [9.17, 15) is 24.3 Å². The first kappa shape index (κ1) is 29.7. The Kier molecular flexibility index (Phi) is 11.0. The van der Waals surface area contributed by atoms with Crippen LogP contribution in [0.25, 0.3) is 0 Å². The van der Waals surface area contributed by atoms with Crippen LogP contribution in [0.15, 0.2) is 58.7 Å². The highest BCUT2D eigenvalue weighted by Gasteiger charge is 2.45. The highest BCUT2D eigenvalue weighted by atomic mass is 16.6. The molecule has 2 N–H and O–H groups in total. The van der Waals surface area contributed by atoms with Gasteiger partial charge in [-0.15, -0.1) is 0 Å². The predicted octanol–water partition coefficient (Wildman–Crippen LogP) is 2.01. The van der Waals surface area contributed by atoms with Gasteiger partial charge in [0.15, 0.2) is 0 Å².